The van der Waals surface area contributed by atoms with Gasteiger partial charge in [-0.1, -0.05) is 48.0 Å². The van der Waals surface area contributed by atoms with Crippen molar-refractivity contribution in [1.82, 2.24) is 10.3 Å². The average molecular weight is 508 g/mol. The Morgan fingerprint density at radius 2 is 1.69 bits per heavy atom. The third-order valence-corrected chi connectivity index (χ3v) is 7.35. The van der Waals surface area contributed by atoms with Gasteiger partial charge in [0.05, 0.1) is 12.1 Å². The van der Waals surface area contributed by atoms with E-state index in [1.54, 1.807) is 7.11 Å². The van der Waals surface area contributed by atoms with Crippen LogP contribution in [0.3, 0.4) is 0 Å². The number of piperidine rings is 1. The Morgan fingerprint density at radius 1 is 1.03 bits per heavy atom. The second-order valence-electron chi connectivity index (χ2n) is 9.11. The maximum atomic E-state index is 11.8. The zero-order valence-corrected chi connectivity index (χ0v) is 21.0. The Hall–Kier alpha value is -3.26. The number of nitrogens with zero attached hydrogens (tertiary/aromatic N) is 1. The minimum Gasteiger partial charge on any atom is -0.496 e. The van der Waals surface area contributed by atoms with Crippen molar-refractivity contribution in [2.45, 2.75) is 19.4 Å². The Kier molecular flexibility index (Phi) is 7.32. The lowest BCUT2D eigenvalue weighted by Gasteiger charge is -2.31. The van der Waals surface area contributed by atoms with Crippen LogP contribution < -0.4 is 25.5 Å². The van der Waals surface area contributed by atoms with E-state index in [-0.39, 0.29) is 11.8 Å². The molecule has 2 heterocycles. The maximum Gasteiger partial charge on any atom is 0.237 e. The molecular weight excluding hydrogens is 478 g/mol. The summed E-state index contributed by atoms with van der Waals surface area (Å²) in [6.07, 6.45) is 1.59. The average Bonchev–Trinajstić information content (AvgIpc) is 2.93. The fraction of sp³-hybridized carbons (Fsp3) is 0.321. The summed E-state index contributed by atoms with van der Waals surface area (Å²) in [5.41, 5.74) is 7.19. The van der Waals surface area contributed by atoms with Gasteiger partial charge in [0, 0.05) is 29.2 Å². The first-order valence-corrected chi connectivity index (χ1v) is 12.5. The number of halogens is 1. The number of carbonyl (C=O) groups is 1. The van der Waals surface area contributed by atoms with Gasteiger partial charge in [-0.25, -0.2) is 5.84 Å². The Bertz CT molecular complexity index is 1260. The molecule has 3 aromatic carbocycles. The number of rotatable bonds is 6. The smallest absolute Gasteiger partial charge is 0.237 e. The predicted octanol–water partition coefficient (Wildman–Crippen LogP) is 4.66. The van der Waals surface area contributed by atoms with Crippen molar-refractivity contribution in [1.29, 1.82) is 0 Å². The molecule has 5 rings (SSSR count). The highest BCUT2D eigenvalue weighted by Gasteiger charge is 2.25. The molecule has 8 heteroatoms. The van der Waals surface area contributed by atoms with Crippen molar-refractivity contribution in [2.75, 3.05) is 33.4 Å². The summed E-state index contributed by atoms with van der Waals surface area (Å²) in [5, 5.41) is 0.671. The quantitative estimate of drug-likeness (QED) is 0.287. The molecule has 0 aromatic heterocycles. The minimum atomic E-state index is -0.0769. The number of likely N-dealkylation sites (tertiary alicyclic amines) is 1. The number of benzene rings is 3. The molecule has 188 valence electrons. The summed E-state index contributed by atoms with van der Waals surface area (Å²) in [7, 11) is 1.69. The molecule has 0 spiro atoms. The van der Waals surface area contributed by atoms with Crippen molar-refractivity contribution in [3.05, 3.63) is 65.2 Å². The molecule has 2 aliphatic rings. The number of hydrazine groups is 1. The third kappa shape index (κ3) is 5.00. The lowest BCUT2D eigenvalue weighted by molar-refractivity contribution is -0.126. The number of hydrogen-bond donors (Lipinski definition) is 2. The number of nitrogens with two attached hydrogens (primary N) is 1. The normalized spacial score (nSPS) is 16.0. The molecule has 0 aliphatic carbocycles. The first kappa shape index (κ1) is 24.4. The van der Waals surface area contributed by atoms with Crippen LogP contribution in [0.15, 0.2) is 54.6 Å². The van der Waals surface area contributed by atoms with Crippen LogP contribution >= 0.6 is 11.6 Å². The molecule has 1 fully saturated rings. The summed E-state index contributed by atoms with van der Waals surface area (Å²) in [6, 6.07) is 18.2. The second kappa shape index (κ2) is 10.8. The van der Waals surface area contributed by atoms with Crippen LogP contribution in [0.1, 0.15) is 18.4 Å². The molecule has 36 heavy (non-hydrogen) atoms. The predicted molar refractivity (Wildman–Crippen MR) is 140 cm³/mol. The van der Waals surface area contributed by atoms with Gasteiger partial charge in [0.25, 0.3) is 0 Å². The number of methoxy groups -OCH3 is 1. The molecule has 1 amide bonds. The van der Waals surface area contributed by atoms with Gasteiger partial charge in [-0.3, -0.25) is 15.1 Å². The Morgan fingerprint density at radius 3 is 2.39 bits per heavy atom. The fourth-order valence-corrected chi connectivity index (χ4v) is 5.29. The number of amides is 1. The van der Waals surface area contributed by atoms with E-state index in [1.165, 1.54) is 0 Å². The molecule has 7 nitrogen and oxygen atoms in total. The molecule has 0 bridgehead atoms. The van der Waals surface area contributed by atoms with E-state index in [0.29, 0.717) is 18.2 Å². The van der Waals surface area contributed by atoms with Crippen LogP contribution in [-0.2, 0) is 11.3 Å². The van der Waals surface area contributed by atoms with Crippen LogP contribution in [0, 0.1) is 5.92 Å². The molecular formula is C28H30ClN3O4. The summed E-state index contributed by atoms with van der Waals surface area (Å²) in [6.45, 7) is 3.53. The number of hydrogen-bond acceptors (Lipinski definition) is 6. The van der Waals surface area contributed by atoms with Crippen molar-refractivity contribution < 1.29 is 19.0 Å². The van der Waals surface area contributed by atoms with E-state index in [9.17, 15) is 4.79 Å². The molecule has 0 atom stereocenters. The molecule has 1 saturated heterocycles. The Labute approximate surface area is 216 Å². The van der Waals surface area contributed by atoms with Crippen LogP contribution in [0.5, 0.6) is 17.2 Å². The van der Waals surface area contributed by atoms with Gasteiger partial charge in [0.15, 0.2) is 11.5 Å². The van der Waals surface area contributed by atoms with E-state index < -0.39 is 0 Å². The van der Waals surface area contributed by atoms with Gasteiger partial charge in [-0.15, -0.1) is 0 Å². The largest absolute Gasteiger partial charge is 0.496 e. The van der Waals surface area contributed by atoms with Gasteiger partial charge < -0.3 is 14.2 Å². The number of fused-ring (bicyclic) bond motifs is 1. The first-order chi connectivity index (χ1) is 17.6. The zero-order chi connectivity index (χ0) is 25.1. The highest BCUT2D eigenvalue weighted by molar-refractivity contribution is 6.36. The molecule has 2 aliphatic heterocycles. The summed E-state index contributed by atoms with van der Waals surface area (Å²) in [4.78, 5) is 14.2. The molecule has 0 saturated carbocycles. The van der Waals surface area contributed by atoms with Crippen LogP contribution in [0.2, 0.25) is 5.02 Å². The SMILES string of the molecule is COc1cc(-c2cccc(-c3ccc4c(c3)OCCO4)c2Cl)ccc1CN1CCC(C(=O)NN)CC1. The summed E-state index contributed by atoms with van der Waals surface area (Å²) in [5.74, 6) is 7.50. The highest BCUT2D eigenvalue weighted by Crippen LogP contribution is 2.41. The molecule has 3 N–H and O–H groups in total. The monoisotopic (exact) mass is 507 g/mol. The molecule has 3 aromatic rings. The van der Waals surface area contributed by atoms with Gasteiger partial charge >= 0.3 is 0 Å². The van der Waals surface area contributed by atoms with Crippen molar-refractivity contribution in [3.8, 4) is 39.5 Å². The van der Waals surface area contributed by atoms with E-state index in [1.807, 2.05) is 42.5 Å². The van der Waals surface area contributed by atoms with Gasteiger partial charge in [-0.05, 0) is 55.3 Å². The summed E-state index contributed by atoms with van der Waals surface area (Å²) >= 11 is 6.94. The number of carbonyl (C=O) groups excluding carboxylic acids is 1. The Balaban J connectivity index is 1.37. The zero-order valence-electron chi connectivity index (χ0n) is 20.3. The lowest BCUT2D eigenvalue weighted by atomic mass is 9.95. The van der Waals surface area contributed by atoms with Crippen LogP contribution in [-0.4, -0.2) is 44.2 Å². The van der Waals surface area contributed by atoms with Crippen LogP contribution in [0.4, 0.5) is 0 Å². The first-order valence-electron chi connectivity index (χ1n) is 12.2. The number of ether oxygens (including phenoxy) is 3. The highest BCUT2D eigenvalue weighted by atomic mass is 35.5. The summed E-state index contributed by atoms with van der Waals surface area (Å²) < 4.78 is 17.2. The lowest BCUT2D eigenvalue weighted by Crippen LogP contribution is -2.42. The van der Waals surface area contributed by atoms with E-state index >= 15 is 0 Å². The second-order valence-corrected chi connectivity index (χ2v) is 9.49. The topological polar surface area (TPSA) is 86.0 Å². The van der Waals surface area contributed by atoms with Crippen molar-refractivity contribution in [2.24, 2.45) is 11.8 Å². The van der Waals surface area contributed by atoms with Gasteiger partial charge in [0.1, 0.15) is 19.0 Å². The number of nitrogens with one attached hydrogen (secondary N) is 1. The van der Waals surface area contributed by atoms with Crippen molar-refractivity contribution >= 4 is 17.5 Å². The van der Waals surface area contributed by atoms with Gasteiger partial charge in [-0.2, -0.15) is 0 Å². The maximum absolute atomic E-state index is 11.8. The third-order valence-electron chi connectivity index (χ3n) is 6.94. The fourth-order valence-electron chi connectivity index (χ4n) is 4.94. The van der Waals surface area contributed by atoms with Crippen molar-refractivity contribution in [3.63, 3.8) is 0 Å². The standard InChI is InChI=1S/C28H30ClN3O4/c1-34-25-15-19(5-6-21(25)17-32-11-9-18(10-12-32)28(33)31-30)22-3-2-4-23(27(22)29)20-7-8-24-26(16-20)36-14-13-35-24/h2-8,15-16,18H,9-14,17,30H2,1H3,(H,31,33). The van der Waals surface area contributed by atoms with E-state index in [2.05, 4.69) is 22.5 Å². The van der Waals surface area contributed by atoms with E-state index in [4.69, 9.17) is 31.7 Å². The molecule has 0 radical (unpaired) electrons. The van der Waals surface area contributed by atoms with Gasteiger partial charge in [0.2, 0.25) is 5.91 Å². The van der Waals surface area contributed by atoms with Crippen LogP contribution in [0.25, 0.3) is 22.3 Å². The van der Waals surface area contributed by atoms with E-state index in [0.717, 1.165) is 77.5 Å². The minimum absolute atomic E-state index is 0.0147. The molecule has 0 unspecified atom stereocenters.